The Morgan fingerprint density at radius 1 is 1.03 bits per heavy atom. The number of carboxylic acid groups (broad SMARTS) is 1. The molecule has 0 spiro atoms. The summed E-state index contributed by atoms with van der Waals surface area (Å²) in [5, 5.41) is 12.5. The molecule has 2 rings (SSSR count). The molecule has 1 amide bonds. The summed E-state index contributed by atoms with van der Waals surface area (Å²) in [7, 11) is 0. The lowest BCUT2D eigenvalue weighted by Crippen LogP contribution is -2.31. The van der Waals surface area contributed by atoms with Gasteiger partial charge in [0.2, 0.25) is 0 Å². The highest BCUT2D eigenvalue weighted by molar-refractivity contribution is 6.32. The molecule has 2 N–H and O–H groups in total. The summed E-state index contributed by atoms with van der Waals surface area (Å²) in [6.45, 7) is 8.14. The van der Waals surface area contributed by atoms with Crippen molar-refractivity contribution in [2.45, 2.75) is 34.1 Å². The van der Waals surface area contributed by atoms with Gasteiger partial charge in [-0.05, 0) is 74.2 Å². The van der Waals surface area contributed by atoms with E-state index in [1.54, 1.807) is 30.3 Å². The van der Waals surface area contributed by atoms with Gasteiger partial charge >= 0.3 is 5.97 Å². The van der Waals surface area contributed by atoms with Gasteiger partial charge in [-0.1, -0.05) is 24.6 Å². The Morgan fingerprint density at radius 2 is 1.72 bits per heavy atom. The summed E-state index contributed by atoms with van der Waals surface area (Å²) in [6, 6.07) is 8.50. The van der Waals surface area contributed by atoms with E-state index in [9.17, 15) is 14.7 Å². The maximum Gasteiger partial charge on any atom is 0.352 e. The number of hydrogen-bond acceptors (Lipinski definition) is 5. The van der Waals surface area contributed by atoms with Crippen molar-refractivity contribution >= 4 is 29.6 Å². The van der Waals surface area contributed by atoms with Crippen molar-refractivity contribution < 1.29 is 28.9 Å². The van der Waals surface area contributed by atoms with Gasteiger partial charge in [0.15, 0.2) is 18.1 Å². The van der Waals surface area contributed by atoms with Crippen LogP contribution in [0.15, 0.2) is 36.0 Å². The van der Waals surface area contributed by atoms with E-state index < -0.39 is 11.9 Å². The molecule has 0 atom stereocenters. The molecule has 7 nitrogen and oxygen atoms in total. The number of carboxylic acids is 1. The minimum atomic E-state index is -1.28. The third kappa shape index (κ3) is 7.20. The Hall–Kier alpha value is -3.19. The van der Waals surface area contributed by atoms with Crippen LogP contribution in [-0.2, 0) is 9.59 Å². The lowest BCUT2D eigenvalue weighted by atomic mass is 10.1. The Morgan fingerprint density at radius 3 is 2.31 bits per heavy atom. The Balaban J connectivity index is 2.13. The van der Waals surface area contributed by atoms with Crippen LogP contribution < -0.4 is 19.5 Å². The summed E-state index contributed by atoms with van der Waals surface area (Å²) in [5.41, 5.74) is 1.90. The number of carbonyl (C=O) groups excluding carboxylic acids is 1. The van der Waals surface area contributed by atoms with Gasteiger partial charge in [0.1, 0.15) is 11.4 Å². The number of nitrogens with one attached hydrogen (secondary N) is 1. The molecule has 0 radical (unpaired) electrons. The molecule has 0 saturated carbocycles. The second kappa shape index (κ2) is 12.0. The molecule has 0 unspecified atom stereocenters. The highest BCUT2D eigenvalue weighted by Crippen LogP contribution is 2.29. The molecule has 32 heavy (non-hydrogen) atoms. The SMILES string of the molecule is CCCOc1ccc(/C=C(/NC(=O)COc2cc(C)c(Cl)c(C)c2)C(=O)O)cc1OCC. The highest BCUT2D eigenvalue weighted by atomic mass is 35.5. The van der Waals surface area contributed by atoms with Crippen molar-refractivity contribution in [2.24, 2.45) is 0 Å². The predicted molar refractivity (Wildman–Crippen MR) is 124 cm³/mol. The van der Waals surface area contributed by atoms with E-state index in [-0.39, 0.29) is 12.3 Å². The van der Waals surface area contributed by atoms with E-state index in [2.05, 4.69) is 5.32 Å². The quantitative estimate of drug-likeness (QED) is 0.468. The van der Waals surface area contributed by atoms with E-state index >= 15 is 0 Å². The Bertz CT molecular complexity index is 979. The third-order valence-corrected chi connectivity index (χ3v) is 4.92. The monoisotopic (exact) mass is 461 g/mol. The van der Waals surface area contributed by atoms with Gasteiger partial charge in [-0.2, -0.15) is 0 Å². The first kappa shape index (κ1) is 25.1. The van der Waals surface area contributed by atoms with Gasteiger partial charge in [0.05, 0.1) is 13.2 Å². The fraction of sp³-hybridized carbons (Fsp3) is 0.333. The first-order valence-electron chi connectivity index (χ1n) is 10.3. The van der Waals surface area contributed by atoms with Crippen molar-refractivity contribution in [2.75, 3.05) is 19.8 Å². The Kier molecular flexibility index (Phi) is 9.40. The van der Waals surface area contributed by atoms with Crippen LogP contribution in [0.3, 0.4) is 0 Å². The van der Waals surface area contributed by atoms with Crippen LogP contribution in [0, 0.1) is 13.8 Å². The van der Waals surface area contributed by atoms with E-state index in [4.69, 9.17) is 25.8 Å². The zero-order chi connectivity index (χ0) is 23.7. The zero-order valence-corrected chi connectivity index (χ0v) is 19.4. The largest absolute Gasteiger partial charge is 0.490 e. The Labute approximate surface area is 192 Å². The number of hydrogen-bond donors (Lipinski definition) is 2. The molecule has 0 heterocycles. The molecule has 172 valence electrons. The van der Waals surface area contributed by atoms with Crippen LogP contribution in [0.25, 0.3) is 6.08 Å². The van der Waals surface area contributed by atoms with Crippen LogP contribution in [0.4, 0.5) is 0 Å². The maximum absolute atomic E-state index is 12.3. The number of benzene rings is 2. The topological polar surface area (TPSA) is 94.1 Å². The molecule has 8 heteroatoms. The smallest absolute Gasteiger partial charge is 0.352 e. The number of aryl methyl sites for hydroxylation is 2. The molecule has 2 aromatic rings. The second-order valence-corrected chi connectivity index (χ2v) is 7.44. The minimum absolute atomic E-state index is 0.285. The van der Waals surface area contributed by atoms with E-state index in [0.29, 0.717) is 41.0 Å². The molecule has 2 aromatic carbocycles. The van der Waals surface area contributed by atoms with E-state index in [0.717, 1.165) is 17.5 Å². The first-order chi connectivity index (χ1) is 15.2. The number of amides is 1. The van der Waals surface area contributed by atoms with Gasteiger partial charge in [-0.15, -0.1) is 0 Å². The van der Waals surface area contributed by atoms with Gasteiger partial charge in [-0.25, -0.2) is 4.79 Å². The lowest BCUT2D eigenvalue weighted by molar-refractivity contribution is -0.134. The molecule has 0 aliphatic carbocycles. The van der Waals surface area contributed by atoms with Crippen LogP contribution >= 0.6 is 11.6 Å². The standard InChI is InChI=1S/C24H28ClNO6/c1-5-9-31-20-8-7-17(13-21(20)30-6-2)12-19(24(28)29)26-22(27)14-32-18-10-15(3)23(25)16(4)11-18/h7-8,10-13H,5-6,9,14H2,1-4H3,(H,26,27)(H,28,29)/b19-12+. The maximum atomic E-state index is 12.3. The summed E-state index contributed by atoms with van der Waals surface area (Å²) in [4.78, 5) is 24.0. The van der Waals surface area contributed by atoms with Crippen LogP contribution in [0.5, 0.6) is 17.2 Å². The van der Waals surface area contributed by atoms with Crippen LogP contribution in [0.2, 0.25) is 5.02 Å². The van der Waals surface area contributed by atoms with Gasteiger partial charge < -0.3 is 24.6 Å². The lowest BCUT2D eigenvalue weighted by Gasteiger charge is -2.13. The average molecular weight is 462 g/mol. The summed E-state index contributed by atoms with van der Waals surface area (Å²) < 4.78 is 16.7. The van der Waals surface area contributed by atoms with E-state index in [1.807, 2.05) is 27.7 Å². The molecule has 0 aliphatic rings. The van der Waals surface area contributed by atoms with Crippen molar-refractivity contribution in [3.05, 3.63) is 57.7 Å². The molecule has 0 aromatic heterocycles. The van der Waals surface area contributed by atoms with Crippen molar-refractivity contribution in [1.82, 2.24) is 5.32 Å². The second-order valence-electron chi connectivity index (χ2n) is 7.06. The number of carbonyl (C=O) groups is 2. The molecule has 0 aliphatic heterocycles. The summed E-state index contributed by atoms with van der Waals surface area (Å²) in [6.07, 6.45) is 2.20. The third-order valence-electron chi connectivity index (χ3n) is 4.32. The number of ether oxygens (including phenoxy) is 3. The van der Waals surface area contributed by atoms with Crippen molar-refractivity contribution in [1.29, 1.82) is 0 Å². The van der Waals surface area contributed by atoms with Crippen LogP contribution in [0.1, 0.15) is 37.0 Å². The zero-order valence-electron chi connectivity index (χ0n) is 18.7. The molecule has 0 saturated heterocycles. The van der Waals surface area contributed by atoms with Crippen molar-refractivity contribution in [3.63, 3.8) is 0 Å². The van der Waals surface area contributed by atoms with Gasteiger partial charge in [-0.3, -0.25) is 4.79 Å². The highest BCUT2D eigenvalue weighted by Gasteiger charge is 2.14. The average Bonchev–Trinajstić information content (AvgIpc) is 2.75. The van der Waals surface area contributed by atoms with Gasteiger partial charge in [0, 0.05) is 5.02 Å². The predicted octanol–water partition coefficient (Wildman–Crippen LogP) is 4.77. The fourth-order valence-electron chi connectivity index (χ4n) is 2.86. The van der Waals surface area contributed by atoms with E-state index in [1.165, 1.54) is 6.08 Å². The molecular weight excluding hydrogens is 434 g/mol. The number of aliphatic carboxylic acids is 1. The minimum Gasteiger partial charge on any atom is -0.490 e. The first-order valence-corrected chi connectivity index (χ1v) is 10.7. The van der Waals surface area contributed by atoms with Crippen LogP contribution in [-0.4, -0.2) is 36.8 Å². The summed E-state index contributed by atoms with van der Waals surface area (Å²) in [5.74, 6) is -0.321. The number of rotatable bonds is 11. The molecular formula is C24H28ClNO6. The summed E-state index contributed by atoms with van der Waals surface area (Å²) >= 11 is 6.13. The molecule has 0 fully saturated rings. The number of halogens is 1. The normalized spacial score (nSPS) is 11.1. The van der Waals surface area contributed by atoms with Crippen molar-refractivity contribution in [3.8, 4) is 17.2 Å². The van der Waals surface area contributed by atoms with Gasteiger partial charge in [0.25, 0.3) is 5.91 Å². The fourth-order valence-corrected chi connectivity index (χ4v) is 2.97. The molecule has 0 bridgehead atoms.